The maximum Gasteiger partial charge on any atom is 0.332 e. The van der Waals surface area contributed by atoms with Crippen LogP contribution in [-0.2, 0) is 13.1 Å². The Kier molecular flexibility index (Phi) is 5.42. The molecule has 2 aromatic rings. The maximum atomic E-state index is 12.6. The van der Waals surface area contributed by atoms with Gasteiger partial charge in [-0.15, -0.1) is 0 Å². The molecule has 0 unspecified atom stereocenters. The van der Waals surface area contributed by atoms with Crippen LogP contribution >= 0.6 is 11.6 Å². The van der Waals surface area contributed by atoms with Crippen molar-refractivity contribution >= 4 is 22.8 Å². The SMILES string of the molecule is CCCCn1c(=O)n(CCCN(C)C)c(=O)c2[nH]c(Cl)nc21. The zero-order valence-electron chi connectivity index (χ0n) is 13.2. The quantitative estimate of drug-likeness (QED) is 0.778. The molecular weight excluding hydrogens is 306 g/mol. The van der Waals surface area contributed by atoms with Gasteiger partial charge in [-0.2, -0.15) is 4.98 Å². The summed E-state index contributed by atoms with van der Waals surface area (Å²) < 4.78 is 2.81. The number of hydrogen-bond donors (Lipinski definition) is 1. The Balaban J connectivity index is 2.50. The van der Waals surface area contributed by atoms with Gasteiger partial charge in [-0.25, -0.2) is 4.79 Å². The summed E-state index contributed by atoms with van der Waals surface area (Å²) in [5.74, 6) is 0. The van der Waals surface area contributed by atoms with Crippen LogP contribution in [0.3, 0.4) is 0 Å². The lowest BCUT2D eigenvalue weighted by Crippen LogP contribution is -2.40. The number of aromatic nitrogens is 4. The van der Waals surface area contributed by atoms with Crippen LogP contribution in [0, 0.1) is 0 Å². The number of fused-ring (bicyclic) bond motifs is 1. The van der Waals surface area contributed by atoms with Gasteiger partial charge in [0.1, 0.15) is 0 Å². The van der Waals surface area contributed by atoms with Crippen molar-refractivity contribution < 1.29 is 0 Å². The van der Waals surface area contributed by atoms with Crippen LogP contribution < -0.4 is 11.2 Å². The number of aromatic amines is 1. The third-order valence-electron chi connectivity index (χ3n) is 3.55. The zero-order valence-corrected chi connectivity index (χ0v) is 14.0. The number of aryl methyl sites for hydroxylation is 1. The van der Waals surface area contributed by atoms with Gasteiger partial charge in [0.2, 0.25) is 5.28 Å². The van der Waals surface area contributed by atoms with E-state index in [1.54, 1.807) is 0 Å². The van der Waals surface area contributed by atoms with Gasteiger partial charge in [-0.3, -0.25) is 13.9 Å². The number of imidazole rings is 1. The second kappa shape index (κ2) is 7.11. The van der Waals surface area contributed by atoms with Crippen LogP contribution in [-0.4, -0.2) is 44.6 Å². The molecule has 0 spiro atoms. The Morgan fingerprint density at radius 1 is 1.18 bits per heavy atom. The van der Waals surface area contributed by atoms with Gasteiger partial charge < -0.3 is 9.88 Å². The summed E-state index contributed by atoms with van der Waals surface area (Å²) in [6.07, 6.45) is 2.52. The van der Waals surface area contributed by atoms with E-state index in [2.05, 4.69) is 9.97 Å². The van der Waals surface area contributed by atoms with E-state index in [0.29, 0.717) is 24.3 Å². The average molecular weight is 328 g/mol. The minimum Gasteiger partial charge on any atom is -0.323 e. The highest BCUT2D eigenvalue weighted by Crippen LogP contribution is 2.10. The van der Waals surface area contributed by atoms with E-state index in [9.17, 15) is 9.59 Å². The van der Waals surface area contributed by atoms with E-state index >= 15 is 0 Å². The minimum absolute atomic E-state index is 0.128. The predicted octanol–water partition coefficient (Wildman–Crippen LogP) is 1.29. The smallest absolute Gasteiger partial charge is 0.323 e. The van der Waals surface area contributed by atoms with Crippen LogP contribution in [0.15, 0.2) is 9.59 Å². The average Bonchev–Trinajstić information content (AvgIpc) is 2.84. The first-order valence-electron chi connectivity index (χ1n) is 7.49. The van der Waals surface area contributed by atoms with Crippen molar-refractivity contribution in [2.45, 2.75) is 39.3 Å². The number of nitrogens with zero attached hydrogens (tertiary/aromatic N) is 4. The summed E-state index contributed by atoms with van der Waals surface area (Å²) in [6, 6.07) is 0. The molecule has 2 aromatic heterocycles. The number of rotatable bonds is 7. The zero-order chi connectivity index (χ0) is 16.3. The standard InChI is InChI=1S/C14H22ClN5O2/c1-4-5-8-19-11-10(16-13(15)17-11)12(21)20(14(19)22)9-6-7-18(2)3/h4-9H2,1-3H3,(H,16,17). The summed E-state index contributed by atoms with van der Waals surface area (Å²) >= 11 is 5.87. The van der Waals surface area contributed by atoms with Crippen molar-refractivity contribution in [2.75, 3.05) is 20.6 Å². The minimum atomic E-state index is -0.356. The number of unbranched alkanes of at least 4 members (excludes halogenated alkanes) is 1. The van der Waals surface area contributed by atoms with Crippen LogP contribution in [0.2, 0.25) is 5.28 Å². The second-order valence-corrected chi connectivity index (χ2v) is 5.99. The highest BCUT2D eigenvalue weighted by atomic mass is 35.5. The second-order valence-electron chi connectivity index (χ2n) is 5.63. The topological polar surface area (TPSA) is 75.9 Å². The molecule has 0 saturated heterocycles. The lowest BCUT2D eigenvalue weighted by molar-refractivity contribution is 0.380. The monoisotopic (exact) mass is 327 g/mol. The van der Waals surface area contributed by atoms with E-state index in [0.717, 1.165) is 25.8 Å². The maximum absolute atomic E-state index is 12.6. The van der Waals surface area contributed by atoms with E-state index in [1.165, 1.54) is 9.13 Å². The van der Waals surface area contributed by atoms with Crippen molar-refractivity contribution in [3.63, 3.8) is 0 Å². The predicted molar refractivity (Wildman–Crippen MR) is 87.7 cm³/mol. The molecule has 8 heteroatoms. The van der Waals surface area contributed by atoms with E-state index < -0.39 is 0 Å². The highest BCUT2D eigenvalue weighted by Gasteiger charge is 2.16. The molecule has 122 valence electrons. The fourth-order valence-electron chi connectivity index (χ4n) is 2.40. The molecule has 0 aromatic carbocycles. The molecule has 2 heterocycles. The van der Waals surface area contributed by atoms with E-state index in [1.807, 2.05) is 25.9 Å². The van der Waals surface area contributed by atoms with Crippen molar-refractivity contribution in [1.82, 2.24) is 24.0 Å². The molecule has 0 amide bonds. The molecule has 0 bridgehead atoms. The highest BCUT2D eigenvalue weighted by molar-refractivity contribution is 6.28. The molecule has 0 atom stereocenters. The summed E-state index contributed by atoms with van der Waals surface area (Å²) in [7, 11) is 3.92. The van der Waals surface area contributed by atoms with Crippen molar-refractivity contribution in [2.24, 2.45) is 0 Å². The van der Waals surface area contributed by atoms with Gasteiger partial charge in [0.15, 0.2) is 11.2 Å². The molecule has 0 aliphatic carbocycles. The summed E-state index contributed by atoms with van der Waals surface area (Å²) in [5, 5.41) is 0.128. The third-order valence-corrected chi connectivity index (χ3v) is 3.73. The molecule has 22 heavy (non-hydrogen) atoms. The van der Waals surface area contributed by atoms with Crippen molar-refractivity contribution in [3.8, 4) is 0 Å². The first kappa shape index (κ1) is 16.8. The fourth-order valence-corrected chi connectivity index (χ4v) is 2.57. The molecular formula is C14H22ClN5O2. The third kappa shape index (κ3) is 3.41. The van der Waals surface area contributed by atoms with Crippen molar-refractivity contribution in [1.29, 1.82) is 0 Å². The number of nitrogens with one attached hydrogen (secondary N) is 1. The molecule has 2 rings (SSSR count). The van der Waals surface area contributed by atoms with Gasteiger partial charge in [-0.05, 0) is 45.1 Å². The molecule has 0 aliphatic rings. The largest absolute Gasteiger partial charge is 0.332 e. The Bertz CT molecular complexity index is 759. The van der Waals surface area contributed by atoms with Gasteiger partial charge in [0.25, 0.3) is 5.56 Å². The van der Waals surface area contributed by atoms with E-state index in [-0.39, 0.29) is 16.5 Å². The van der Waals surface area contributed by atoms with Crippen LogP contribution in [0.25, 0.3) is 11.2 Å². The van der Waals surface area contributed by atoms with Gasteiger partial charge in [0, 0.05) is 13.1 Å². The van der Waals surface area contributed by atoms with Crippen LogP contribution in [0.1, 0.15) is 26.2 Å². The van der Waals surface area contributed by atoms with Gasteiger partial charge in [-0.1, -0.05) is 13.3 Å². The summed E-state index contributed by atoms with van der Waals surface area (Å²) in [6.45, 7) is 3.77. The van der Waals surface area contributed by atoms with E-state index in [4.69, 9.17) is 11.6 Å². The van der Waals surface area contributed by atoms with Crippen molar-refractivity contribution in [3.05, 3.63) is 26.1 Å². The lowest BCUT2D eigenvalue weighted by atomic mass is 10.3. The summed E-state index contributed by atoms with van der Waals surface area (Å²) in [5.41, 5.74) is -0.0263. The Labute approximate surface area is 133 Å². The van der Waals surface area contributed by atoms with Gasteiger partial charge >= 0.3 is 5.69 Å². The number of halogens is 1. The van der Waals surface area contributed by atoms with Crippen LogP contribution in [0.5, 0.6) is 0 Å². The lowest BCUT2D eigenvalue weighted by Gasteiger charge is -2.12. The Hall–Kier alpha value is -1.60. The Morgan fingerprint density at radius 3 is 2.50 bits per heavy atom. The molecule has 0 saturated carbocycles. The molecule has 0 aliphatic heterocycles. The summed E-state index contributed by atoms with van der Waals surface area (Å²) in [4.78, 5) is 34.0. The first-order chi connectivity index (χ1) is 10.5. The molecule has 0 radical (unpaired) electrons. The number of hydrogen-bond acceptors (Lipinski definition) is 4. The fraction of sp³-hybridized carbons (Fsp3) is 0.643. The van der Waals surface area contributed by atoms with Gasteiger partial charge in [0.05, 0.1) is 0 Å². The molecule has 7 nitrogen and oxygen atoms in total. The Morgan fingerprint density at radius 2 is 1.86 bits per heavy atom. The molecule has 1 N–H and O–H groups in total. The first-order valence-corrected chi connectivity index (χ1v) is 7.87. The number of H-pyrrole nitrogens is 1. The normalized spacial score (nSPS) is 11.7. The molecule has 0 fully saturated rings. The van der Waals surface area contributed by atoms with Crippen LogP contribution in [0.4, 0.5) is 0 Å².